The summed E-state index contributed by atoms with van der Waals surface area (Å²) in [5, 5.41) is 21.7. The maximum atomic E-state index is 11.9. The third kappa shape index (κ3) is 2.53. The van der Waals surface area contributed by atoms with Crippen LogP contribution >= 0.6 is 0 Å². The van der Waals surface area contributed by atoms with E-state index in [1.165, 1.54) is 12.3 Å². The van der Waals surface area contributed by atoms with Gasteiger partial charge in [-0.05, 0) is 18.1 Å². The Bertz CT molecular complexity index is 717. The van der Waals surface area contributed by atoms with E-state index < -0.39 is 24.9 Å². The summed E-state index contributed by atoms with van der Waals surface area (Å²) in [7, 11) is -1.36. The minimum Gasteiger partial charge on any atom is -0.534 e. The molecule has 0 bridgehead atoms. The van der Waals surface area contributed by atoms with Crippen molar-refractivity contribution in [3.8, 4) is 5.75 Å². The first-order valence-corrected chi connectivity index (χ1v) is 6.45. The Morgan fingerprint density at radius 2 is 2.23 bits per heavy atom. The lowest BCUT2D eigenvalue weighted by atomic mass is 9.72. The molecule has 112 valence electrons. The molecule has 1 aliphatic rings. The normalized spacial score (nSPS) is 16.6. The van der Waals surface area contributed by atoms with Crippen LogP contribution in [0.4, 0.5) is 0 Å². The summed E-state index contributed by atoms with van der Waals surface area (Å²) < 4.78 is 10.1. The van der Waals surface area contributed by atoms with Crippen LogP contribution in [0.3, 0.4) is 0 Å². The van der Waals surface area contributed by atoms with Gasteiger partial charge < -0.3 is 24.5 Å². The van der Waals surface area contributed by atoms with E-state index in [1.807, 2.05) is 0 Å². The van der Waals surface area contributed by atoms with Crippen molar-refractivity contribution >= 4 is 19.0 Å². The van der Waals surface area contributed by atoms with Crippen LogP contribution in [0.2, 0.25) is 0 Å². The minimum absolute atomic E-state index is 0.0114. The summed E-state index contributed by atoms with van der Waals surface area (Å²) in [4.78, 5) is 26.7. The molecule has 8 nitrogen and oxygen atoms in total. The lowest BCUT2D eigenvalue weighted by Crippen LogP contribution is -2.53. The number of amides is 1. The third-order valence-corrected chi connectivity index (χ3v) is 3.32. The molecule has 0 fully saturated rings. The molecule has 3 N–H and O–H groups in total. The standard InChI is InChI=1S/C13H11BN2O6/c17-12(9-5-15-6-21-9)16-10-4-7-2-1-3-8(13(18)19)11(7)22-14(10)20/h1-3,5-6,10,20H,4H2,(H,16,17)(H,18,19). The van der Waals surface area contributed by atoms with Gasteiger partial charge in [0.05, 0.1) is 17.7 Å². The van der Waals surface area contributed by atoms with Crippen molar-refractivity contribution in [1.82, 2.24) is 10.3 Å². The van der Waals surface area contributed by atoms with E-state index in [4.69, 9.17) is 14.2 Å². The number of nitrogens with zero attached hydrogens (tertiary/aromatic N) is 1. The number of benzene rings is 1. The second kappa shape index (κ2) is 5.53. The van der Waals surface area contributed by atoms with Crippen LogP contribution in [0, 0.1) is 0 Å². The SMILES string of the molecule is O=C(NC1Cc2cccc(C(=O)O)c2OB1O)c1cnco1. The van der Waals surface area contributed by atoms with Gasteiger partial charge in [-0.3, -0.25) is 4.79 Å². The third-order valence-electron chi connectivity index (χ3n) is 3.32. The number of carboxylic acid groups (broad SMARTS) is 1. The molecule has 1 amide bonds. The van der Waals surface area contributed by atoms with Gasteiger partial charge >= 0.3 is 13.1 Å². The number of rotatable bonds is 3. The summed E-state index contributed by atoms with van der Waals surface area (Å²) in [5.74, 6) is -2.28. The molecule has 0 spiro atoms. The molecule has 1 unspecified atom stereocenters. The van der Waals surface area contributed by atoms with Crippen molar-refractivity contribution in [2.45, 2.75) is 12.4 Å². The fourth-order valence-corrected chi connectivity index (χ4v) is 2.28. The zero-order valence-corrected chi connectivity index (χ0v) is 11.2. The van der Waals surface area contributed by atoms with E-state index in [0.29, 0.717) is 5.56 Å². The second-order valence-electron chi connectivity index (χ2n) is 4.76. The van der Waals surface area contributed by atoms with E-state index in [9.17, 15) is 14.6 Å². The number of hydrogen-bond donors (Lipinski definition) is 3. The molecule has 2 heterocycles. The van der Waals surface area contributed by atoms with Gasteiger partial charge in [-0.25, -0.2) is 9.78 Å². The van der Waals surface area contributed by atoms with Gasteiger partial charge in [-0.1, -0.05) is 12.1 Å². The number of hydrogen-bond acceptors (Lipinski definition) is 6. The first-order chi connectivity index (χ1) is 10.6. The Labute approximate surface area is 124 Å². The van der Waals surface area contributed by atoms with Crippen molar-refractivity contribution in [2.75, 3.05) is 0 Å². The maximum Gasteiger partial charge on any atom is 0.547 e. The van der Waals surface area contributed by atoms with Crippen LogP contribution in [0.5, 0.6) is 5.75 Å². The molecule has 2 aromatic rings. The number of aromatic nitrogens is 1. The molecular weight excluding hydrogens is 291 g/mol. The Morgan fingerprint density at radius 3 is 2.91 bits per heavy atom. The molecule has 1 aliphatic heterocycles. The van der Waals surface area contributed by atoms with Gasteiger partial charge in [0.2, 0.25) is 5.76 Å². The van der Waals surface area contributed by atoms with Crippen LogP contribution in [0.15, 0.2) is 35.2 Å². The highest BCUT2D eigenvalue weighted by molar-refractivity contribution is 6.47. The topological polar surface area (TPSA) is 122 Å². The zero-order chi connectivity index (χ0) is 15.7. The van der Waals surface area contributed by atoms with Crippen molar-refractivity contribution in [3.63, 3.8) is 0 Å². The highest BCUT2D eigenvalue weighted by atomic mass is 16.5. The Kier molecular flexibility index (Phi) is 3.55. The summed E-state index contributed by atoms with van der Waals surface area (Å²) in [6, 6.07) is 4.65. The Balaban J connectivity index is 1.81. The van der Waals surface area contributed by atoms with Gasteiger partial charge in [0.15, 0.2) is 6.39 Å². The molecule has 3 rings (SSSR count). The Morgan fingerprint density at radius 1 is 1.41 bits per heavy atom. The van der Waals surface area contributed by atoms with Gasteiger partial charge in [0.1, 0.15) is 5.75 Å². The number of carbonyl (C=O) groups excluding carboxylic acids is 1. The van der Waals surface area contributed by atoms with Gasteiger partial charge in [0, 0.05) is 0 Å². The smallest absolute Gasteiger partial charge is 0.534 e. The van der Waals surface area contributed by atoms with Gasteiger partial charge in [-0.15, -0.1) is 0 Å². The fraction of sp³-hybridized carbons (Fsp3) is 0.154. The number of fused-ring (bicyclic) bond motifs is 1. The first-order valence-electron chi connectivity index (χ1n) is 6.45. The highest BCUT2D eigenvalue weighted by Gasteiger charge is 2.38. The molecule has 22 heavy (non-hydrogen) atoms. The Hall–Kier alpha value is -2.81. The molecule has 0 saturated heterocycles. The van der Waals surface area contributed by atoms with E-state index in [0.717, 1.165) is 6.39 Å². The molecule has 1 atom stereocenters. The molecule has 0 saturated carbocycles. The number of para-hydroxylation sites is 1. The average molecular weight is 302 g/mol. The zero-order valence-electron chi connectivity index (χ0n) is 11.2. The summed E-state index contributed by atoms with van der Waals surface area (Å²) in [5.41, 5.74) is 0.560. The first kappa shape index (κ1) is 14.1. The highest BCUT2D eigenvalue weighted by Crippen LogP contribution is 2.30. The van der Waals surface area contributed by atoms with Gasteiger partial charge in [0.25, 0.3) is 5.91 Å². The van der Waals surface area contributed by atoms with Gasteiger partial charge in [-0.2, -0.15) is 0 Å². The van der Waals surface area contributed by atoms with E-state index in [1.54, 1.807) is 12.1 Å². The summed E-state index contributed by atoms with van der Waals surface area (Å²) >= 11 is 0. The second-order valence-corrected chi connectivity index (χ2v) is 4.76. The largest absolute Gasteiger partial charge is 0.547 e. The summed E-state index contributed by atoms with van der Waals surface area (Å²) in [6.45, 7) is 0. The van der Waals surface area contributed by atoms with Crippen molar-refractivity contribution in [2.24, 2.45) is 0 Å². The van der Waals surface area contributed by atoms with E-state index >= 15 is 0 Å². The van der Waals surface area contributed by atoms with E-state index in [-0.39, 0.29) is 23.5 Å². The minimum atomic E-state index is -1.36. The molecule has 1 aromatic heterocycles. The predicted octanol–water partition coefficient (Wildman–Crippen LogP) is 0.126. The number of carbonyl (C=O) groups is 2. The van der Waals surface area contributed by atoms with Crippen LogP contribution in [-0.2, 0) is 6.42 Å². The lowest BCUT2D eigenvalue weighted by Gasteiger charge is -2.28. The molecule has 0 radical (unpaired) electrons. The molecule has 0 aliphatic carbocycles. The average Bonchev–Trinajstić information content (AvgIpc) is 3.01. The van der Waals surface area contributed by atoms with Crippen molar-refractivity contribution in [3.05, 3.63) is 47.7 Å². The maximum absolute atomic E-state index is 11.9. The van der Waals surface area contributed by atoms with Crippen molar-refractivity contribution in [1.29, 1.82) is 0 Å². The van der Waals surface area contributed by atoms with Crippen molar-refractivity contribution < 1.29 is 28.8 Å². The van der Waals surface area contributed by atoms with E-state index in [2.05, 4.69) is 10.3 Å². The number of aromatic carboxylic acids is 1. The number of oxazole rings is 1. The van der Waals surface area contributed by atoms with Crippen LogP contribution in [0.1, 0.15) is 26.5 Å². The quantitative estimate of drug-likeness (QED) is 0.688. The molecular formula is C13H11BN2O6. The van der Waals surface area contributed by atoms with Crippen LogP contribution in [-0.4, -0.2) is 40.1 Å². The summed E-state index contributed by atoms with van der Waals surface area (Å²) in [6.07, 6.45) is 2.61. The van der Waals surface area contributed by atoms with Crippen LogP contribution < -0.4 is 9.97 Å². The molecule has 9 heteroatoms. The fourth-order valence-electron chi connectivity index (χ4n) is 2.28. The monoisotopic (exact) mass is 302 g/mol. The number of nitrogens with one attached hydrogen (secondary N) is 1. The molecule has 1 aromatic carbocycles. The predicted molar refractivity (Wildman–Crippen MR) is 73.5 cm³/mol. The number of carboxylic acids is 1. The lowest BCUT2D eigenvalue weighted by molar-refractivity contribution is 0.0693. The van der Waals surface area contributed by atoms with Crippen LogP contribution in [0.25, 0.3) is 0 Å².